The van der Waals surface area contributed by atoms with E-state index in [0.29, 0.717) is 6.20 Å². The maximum atomic E-state index is 11.8. The largest absolute Gasteiger partial charge is 0.476 e. The van der Waals surface area contributed by atoms with Gasteiger partial charge in [0.25, 0.3) is 5.82 Å². The fourth-order valence-electron chi connectivity index (χ4n) is 0.503. The number of halogens is 3. The van der Waals surface area contributed by atoms with Gasteiger partial charge in [-0.2, -0.15) is 13.2 Å². The number of rotatable bonds is 1. The van der Waals surface area contributed by atoms with Crippen LogP contribution < -0.4 is 0 Å². The Bertz CT molecular complexity index is 321. The molecule has 0 radical (unpaired) electrons. The quantitative estimate of drug-likeness (QED) is 0.706. The van der Waals surface area contributed by atoms with Gasteiger partial charge in [0.15, 0.2) is 5.69 Å². The molecule has 0 aromatic carbocycles. The molecule has 0 bridgehead atoms. The van der Waals surface area contributed by atoms with Crippen LogP contribution in [0.5, 0.6) is 0 Å². The van der Waals surface area contributed by atoms with Crippen LogP contribution in [0.3, 0.4) is 0 Å². The van der Waals surface area contributed by atoms with Crippen LogP contribution in [0.4, 0.5) is 13.2 Å². The summed E-state index contributed by atoms with van der Waals surface area (Å²) in [7, 11) is 0. The van der Waals surface area contributed by atoms with Gasteiger partial charge in [0.1, 0.15) is 0 Å². The zero-order valence-electron chi connectivity index (χ0n) is 5.91. The topological polar surface area (TPSA) is 76.0 Å². The summed E-state index contributed by atoms with van der Waals surface area (Å²) in [5, 5.41) is 13.7. The normalized spacial score (nSPS) is 11.3. The van der Waals surface area contributed by atoms with Crippen molar-refractivity contribution >= 4 is 5.97 Å². The van der Waals surface area contributed by atoms with E-state index in [0.717, 1.165) is 0 Å². The summed E-state index contributed by atoms with van der Waals surface area (Å²) in [5.74, 6) is -2.94. The second-order valence-electron chi connectivity index (χ2n) is 1.97. The number of carboxylic acid groups (broad SMARTS) is 1. The second-order valence-corrected chi connectivity index (χ2v) is 1.97. The average molecular weight is 193 g/mol. The summed E-state index contributed by atoms with van der Waals surface area (Å²) in [5.41, 5.74) is -0.631. The molecule has 70 valence electrons. The molecular weight excluding hydrogens is 191 g/mol. The minimum absolute atomic E-state index is 0.498. The van der Waals surface area contributed by atoms with Gasteiger partial charge in [0.2, 0.25) is 0 Å². The Balaban J connectivity index is 3.01. The lowest BCUT2D eigenvalue weighted by Gasteiger charge is -2.01. The Hall–Kier alpha value is -1.73. The number of nitrogens with zero attached hydrogens (tertiary/aromatic N) is 3. The summed E-state index contributed by atoms with van der Waals surface area (Å²) in [6, 6.07) is 0. The number of aromatic nitrogens is 3. The zero-order valence-corrected chi connectivity index (χ0v) is 5.91. The summed E-state index contributed by atoms with van der Waals surface area (Å²) in [6.07, 6.45) is -4.21. The summed E-state index contributed by atoms with van der Waals surface area (Å²) in [6.45, 7) is 0. The van der Waals surface area contributed by atoms with Gasteiger partial charge in [-0.25, -0.2) is 9.78 Å². The second kappa shape index (κ2) is 2.96. The lowest BCUT2D eigenvalue weighted by atomic mass is 10.5. The molecular formula is C5H2F3N3O2. The van der Waals surface area contributed by atoms with Crippen molar-refractivity contribution < 1.29 is 23.1 Å². The highest BCUT2D eigenvalue weighted by molar-refractivity contribution is 5.84. The Morgan fingerprint density at radius 2 is 2.00 bits per heavy atom. The van der Waals surface area contributed by atoms with Crippen molar-refractivity contribution in [3.8, 4) is 0 Å². The Kier molecular flexibility index (Phi) is 2.13. The van der Waals surface area contributed by atoms with E-state index in [1.54, 1.807) is 0 Å². The molecule has 0 atom stereocenters. The molecule has 0 unspecified atom stereocenters. The molecule has 0 amide bonds. The van der Waals surface area contributed by atoms with Crippen LogP contribution in [0.15, 0.2) is 6.20 Å². The maximum Gasteiger partial charge on any atom is 0.453 e. The van der Waals surface area contributed by atoms with Gasteiger partial charge in [0.05, 0.1) is 6.20 Å². The van der Waals surface area contributed by atoms with Crippen LogP contribution in [-0.4, -0.2) is 26.3 Å². The van der Waals surface area contributed by atoms with Crippen molar-refractivity contribution in [1.82, 2.24) is 15.2 Å². The minimum Gasteiger partial charge on any atom is -0.476 e. The lowest BCUT2D eigenvalue weighted by molar-refractivity contribution is -0.145. The van der Waals surface area contributed by atoms with Crippen molar-refractivity contribution in [2.45, 2.75) is 6.18 Å². The Morgan fingerprint density at radius 1 is 1.38 bits per heavy atom. The number of carboxylic acids is 1. The third-order valence-corrected chi connectivity index (χ3v) is 1.03. The van der Waals surface area contributed by atoms with Gasteiger partial charge in [-0.05, 0) is 0 Å². The fraction of sp³-hybridized carbons (Fsp3) is 0.200. The van der Waals surface area contributed by atoms with Gasteiger partial charge in [-0.1, -0.05) is 0 Å². The molecule has 5 nitrogen and oxygen atoms in total. The molecule has 1 heterocycles. The Morgan fingerprint density at radius 3 is 2.31 bits per heavy atom. The first-order valence-electron chi connectivity index (χ1n) is 2.91. The number of carbonyl (C=O) groups is 1. The van der Waals surface area contributed by atoms with E-state index in [9.17, 15) is 18.0 Å². The number of alkyl halides is 3. The first-order chi connectivity index (χ1) is 5.91. The molecule has 0 saturated heterocycles. The number of aromatic carboxylic acids is 1. The Labute approximate surface area is 69.2 Å². The minimum atomic E-state index is -4.70. The molecule has 8 heteroatoms. The van der Waals surface area contributed by atoms with Gasteiger partial charge in [-0.3, -0.25) is 0 Å². The maximum absolute atomic E-state index is 11.8. The van der Waals surface area contributed by atoms with Crippen LogP contribution >= 0.6 is 0 Å². The van der Waals surface area contributed by atoms with Crippen molar-refractivity contribution in [3.05, 3.63) is 17.7 Å². The molecule has 1 rings (SSSR count). The summed E-state index contributed by atoms with van der Waals surface area (Å²) < 4.78 is 35.4. The molecule has 1 aromatic heterocycles. The van der Waals surface area contributed by atoms with Crippen LogP contribution in [0.25, 0.3) is 0 Å². The van der Waals surface area contributed by atoms with Crippen molar-refractivity contribution in [2.75, 3.05) is 0 Å². The van der Waals surface area contributed by atoms with Crippen LogP contribution in [0.1, 0.15) is 16.3 Å². The van der Waals surface area contributed by atoms with E-state index in [4.69, 9.17) is 5.11 Å². The van der Waals surface area contributed by atoms with Gasteiger partial charge in [0, 0.05) is 0 Å². The zero-order chi connectivity index (χ0) is 10.1. The summed E-state index contributed by atoms with van der Waals surface area (Å²) in [4.78, 5) is 12.9. The third-order valence-electron chi connectivity index (χ3n) is 1.03. The van der Waals surface area contributed by atoms with Gasteiger partial charge < -0.3 is 5.11 Å². The molecule has 0 aliphatic rings. The van der Waals surface area contributed by atoms with Gasteiger partial charge >= 0.3 is 12.1 Å². The van der Waals surface area contributed by atoms with E-state index >= 15 is 0 Å². The van der Waals surface area contributed by atoms with Crippen LogP contribution in [0.2, 0.25) is 0 Å². The van der Waals surface area contributed by atoms with E-state index in [1.807, 2.05) is 0 Å². The average Bonchev–Trinajstić information content (AvgIpc) is 2.03. The molecule has 0 spiro atoms. The first kappa shape index (κ1) is 9.36. The van der Waals surface area contributed by atoms with Crippen molar-refractivity contribution in [3.63, 3.8) is 0 Å². The first-order valence-corrected chi connectivity index (χ1v) is 2.91. The molecule has 1 N–H and O–H groups in total. The van der Waals surface area contributed by atoms with E-state index in [2.05, 4.69) is 15.2 Å². The predicted molar refractivity (Wildman–Crippen MR) is 31.8 cm³/mol. The number of hydrogen-bond donors (Lipinski definition) is 1. The molecule has 0 saturated carbocycles. The monoisotopic (exact) mass is 193 g/mol. The fourth-order valence-corrected chi connectivity index (χ4v) is 0.503. The van der Waals surface area contributed by atoms with E-state index in [-0.39, 0.29) is 0 Å². The molecule has 0 fully saturated rings. The molecule has 0 aliphatic heterocycles. The smallest absolute Gasteiger partial charge is 0.453 e. The molecule has 13 heavy (non-hydrogen) atoms. The highest BCUT2D eigenvalue weighted by Crippen LogP contribution is 2.24. The predicted octanol–water partition coefficient (Wildman–Crippen LogP) is 0.589. The standard InChI is InChI=1S/C5H2F3N3O2/c6-5(7,8)4-9-1-2(3(12)13)10-11-4/h1H,(H,12,13). The van der Waals surface area contributed by atoms with Crippen molar-refractivity contribution in [1.29, 1.82) is 0 Å². The van der Waals surface area contributed by atoms with Crippen molar-refractivity contribution in [2.24, 2.45) is 0 Å². The molecule has 1 aromatic rings. The van der Waals surface area contributed by atoms with Crippen LogP contribution in [0, 0.1) is 0 Å². The third kappa shape index (κ3) is 2.10. The SMILES string of the molecule is O=C(O)c1cnc(C(F)(F)F)nn1. The van der Waals surface area contributed by atoms with Crippen LogP contribution in [-0.2, 0) is 6.18 Å². The summed E-state index contributed by atoms with van der Waals surface area (Å²) >= 11 is 0. The molecule has 0 aliphatic carbocycles. The van der Waals surface area contributed by atoms with E-state index in [1.165, 1.54) is 0 Å². The highest BCUT2D eigenvalue weighted by atomic mass is 19.4. The highest BCUT2D eigenvalue weighted by Gasteiger charge is 2.35. The van der Waals surface area contributed by atoms with Gasteiger partial charge in [-0.15, -0.1) is 10.2 Å². The van der Waals surface area contributed by atoms with E-state index < -0.39 is 23.7 Å². The lowest BCUT2D eigenvalue weighted by Crippen LogP contribution is -2.14. The number of hydrogen-bond acceptors (Lipinski definition) is 4.